The number of fused-ring (bicyclic) bond motifs is 1. The molecule has 0 amide bonds. The SMILES string of the molecule is OCCCOc1cccc2sc(-c3ccccn3)nc12. The summed E-state index contributed by atoms with van der Waals surface area (Å²) in [6.45, 7) is 0.623. The number of aromatic nitrogens is 2. The van der Waals surface area contributed by atoms with Crippen molar-refractivity contribution in [1.82, 2.24) is 9.97 Å². The highest BCUT2D eigenvalue weighted by Gasteiger charge is 2.10. The molecule has 0 spiro atoms. The zero-order valence-electron chi connectivity index (χ0n) is 10.8. The molecule has 0 fully saturated rings. The Labute approximate surface area is 120 Å². The van der Waals surface area contributed by atoms with E-state index in [2.05, 4.69) is 9.97 Å². The molecule has 5 heteroatoms. The first-order valence-electron chi connectivity index (χ1n) is 6.43. The van der Waals surface area contributed by atoms with Crippen molar-refractivity contribution in [1.29, 1.82) is 0 Å². The maximum atomic E-state index is 8.81. The van der Waals surface area contributed by atoms with E-state index in [0.29, 0.717) is 13.0 Å². The van der Waals surface area contributed by atoms with Gasteiger partial charge in [0.1, 0.15) is 16.3 Å². The van der Waals surface area contributed by atoms with E-state index in [1.54, 1.807) is 17.5 Å². The van der Waals surface area contributed by atoms with Gasteiger partial charge in [0.2, 0.25) is 0 Å². The van der Waals surface area contributed by atoms with E-state index in [1.807, 2.05) is 36.4 Å². The van der Waals surface area contributed by atoms with Crippen molar-refractivity contribution in [3.8, 4) is 16.5 Å². The number of para-hydroxylation sites is 1. The van der Waals surface area contributed by atoms with Crippen molar-refractivity contribution in [2.24, 2.45) is 0 Å². The normalized spacial score (nSPS) is 10.8. The van der Waals surface area contributed by atoms with Gasteiger partial charge in [-0.1, -0.05) is 12.1 Å². The van der Waals surface area contributed by atoms with Crippen LogP contribution in [0.2, 0.25) is 0 Å². The van der Waals surface area contributed by atoms with Crippen molar-refractivity contribution >= 4 is 21.6 Å². The molecule has 0 bridgehead atoms. The standard InChI is InChI=1S/C15H14N2O2S/c18-9-4-10-19-12-6-3-7-13-14(12)17-15(20-13)11-5-1-2-8-16-11/h1-3,5-8,18H,4,9-10H2. The van der Waals surface area contributed by atoms with Crippen LogP contribution in [0.1, 0.15) is 6.42 Å². The van der Waals surface area contributed by atoms with Gasteiger partial charge in [-0.25, -0.2) is 4.98 Å². The minimum absolute atomic E-state index is 0.131. The van der Waals surface area contributed by atoms with Crippen LogP contribution in [0.25, 0.3) is 20.9 Å². The second-order valence-electron chi connectivity index (χ2n) is 4.26. The number of rotatable bonds is 5. The number of aliphatic hydroxyl groups is 1. The Kier molecular flexibility index (Phi) is 3.90. The van der Waals surface area contributed by atoms with Crippen LogP contribution in [-0.4, -0.2) is 28.3 Å². The average Bonchev–Trinajstić information content (AvgIpc) is 2.93. The molecule has 0 aliphatic carbocycles. The number of ether oxygens (including phenoxy) is 1. The molecule has 0 unspecified atom stereocenters. The Morgan fingerprint density at radius 1 is 1.15 bits per heavy atom. The van der Waals surface area contributed by atoms with Gasteiger partial charge >= 0.3 is 0 Å². The molecule has 0 aliphatic rings. The van der Waals surface area contributed by atoms with Crippen LogP contribution >= 0.6 is 11.3 Å². The third-order valence-corrected chi connectivity index (χ3v) is 3.87. The zero-order valence-corrected chi connectivity index (χ0v) is 11.6. The number of benzene rings is 1. The molecule has 2 heterocycles. The van der Waals surface area contributed by atoms with E-state index >= 15 is 0 Å². The van der Waals surface area contributed by atoms with Crippen molar-refractivity contribution in [2.45, 2.75) is 6.42 Å². The summed E-state index contributed by atoms with van der Waals surface area (Å²) in [6, 6.07) is 11.7. The van der Waals surface area contributed by atoms with Gasteiger partial charge in [-0.2, -0.15) is 0 Å². The Morgan fingerprint density at radius 2 is 2.10 bits per heavy atom. The van der Waals surface area contributed by atoms with E-state index < -0.39 is 0 Å². The number of thiazole rings is 1. The molecule has 0 saturated carbocycles. The summed E-state index contributed by atoms with van der Waals surface area (Å²) in [6.07, 6.45) is 2.38. The van der Waals surface area contributed by atoms with Crippen LogP contribution < -0.4 is 4.74 Å². The topological polar surface area (TPSA) is 55.2 Å². The molecule has 0 radical (unpaired) electrons. The molecular weight excluding hydrogens is 272 g/mol. The highest BCUT2D eigenvalue weighted by Crippen LogP contribution is 2.33. The first kappa shape index (κ1) is 13.0. The van der Waals surface area contributed by atoms with E-state index in [1.165, 1.54) is 0 Å². The third-order valence-electron chi connectivity index (χ3n) is 2.83. The molecule has 0 atom stereocenters. The largest absolute Gasteiger partial charge is 0.491 e. The lowest BCUT2D eigenvalue weighted by Crippen LogP contribution is -1.99. The number of pyridine rings is 1. The molecule has 2 aromatic heterocycles. The first-order chi connectivity index (χ1) is 9.88. The lowest BCUT2D eigenvalue weighted by atomic mass is 10.3. The summed E-state index contributed by atoms with van der Waals surface area (Å²) < 4.78 is 6.75. The quantitative estimate of drug-likeness (QED) is 0.732. The minimum atomic E-state index is 0.131. The highest BCUT2D eigenvalue weighted by molar-refractivity contribution is 7.21. The van der Waals surface area contributed by atoms with Gasteiger partial charge in [0, 0.05) is 19.2 Å². The molecular formula is C15H14N2O2S. The van der Waals surface area contributed by atoms with Gasteiger partial charge in [-0.15, -0.1) is 11.3 Å². The summed E-state index contributed by atoms with van der Waals surface area (Å²) in [5, 5.41) is 9.70. The fourth-order valence-electron chi connectivity index (χ4n) is 1.89. The fraction of sp³-hybridized carbons (Fsp3) is 0.200. The summed E-state index contributed by atoms with van der Waals surface area (Å²) in [7, 11) is 0. The van der Waals surface area contributed by atoms with Gasteiger partial charge in [-0.3, -0.25) is 4.98 Å². The van der Waals surface area contributed by atoms with Gasteiger partial charge < -0.3 is 9.84 Å². The molecule has 20 heavy (non-hydrogen) atoms. The number of hydrogen-bond donors (Lipinski definition) is 1. The molecule has 4 nitrogen and oxygen atoms in total. The minimum Gasteiger partial charge on any atom is -0.491 e. The van der Waals surface area contributed by atoms with E-state index in [9.17, 15) is 0 Å². The molecule has 1 aromatic carbocycles. The second-order valence-corrected chi connectivity index (χ2v) is 5.29. The monoisotopic (exact) mass is 286 g/mol. The van der Waals surface area contributed by atoms with E-state index in [4.69, 9.17) is 9.84 Å². The zero-order chi connectivity index (χ0) is 13.8. The van der Waals surface area contributed by atoms with Gasteiger partial charge in [0.15, 0.2) is 0 Å². The molecule has 1 N–H and O–H groups in total. The third kappa shape index (κ3) is 2.64. The second kappa shape index (κ2) is 5.98. The van der Waals surface area contributed by atoms with Crippen LogP contribution in [0, 0.1) is 0 Å². The maximum Gasteiger partial charge on any atom is 0.146 e. The summed E-state index contributed by atoms with van der Waals surface area (Å²) in [5.41, 5.74) is 1.73. The highest BCUT2D eigenvalue weighted by atomic mass is 32.1. The Hall–Kier alpha value is -1.98. The van der Waals surface area contributed by atoms with Crippen molar-refractivity contribution < 1.29 is 9.84 Å². The lowest BCUT2D eigenvalue weighted by Gasteiger charge is -2.04. The first-order valence-corrected chi connectivity index (χ1v) is 7.25. The average molecular weight is 286 g/mol. The maximum absolute atomic E-state index is 8.81. The van der Waals surface area contributed by atoms with Crippen molar-refractivity contribution in [3.05, 3.63) is 42.6 Å². The Morgan fingerprint density at radius 3 is 2.90 bits per heavy atom. The Bertz CT molecular complexity index is 697. The molecule has 0 aliphatic heterocycles. The lowest BCUT2D eigenvalue weighted by molar-refractivity contribution is 0.234. The summed E-state index contributed by atoms with van der Waals surface area (Å²) in [5.74, 6) is 0.759. The van der Waals surface area contributed by atoms with Crippen molar-refractivity contribution in [2.75, 3.05) is 13.2 Å². The van der Waals surface area contributed by atoms with Gasteiger partial charge in [0.25, 0.3) is 0 Å². The van der Waals surface area contributed by atoms with Crippen LogP contribution in [0.4, 0.5) is 0 Å². The van der Waals surface area contributed by atoms with Crippen molar-refractivity contribution in [3.63, 3.8) is 0 Å². The Balaban J connectivity index is 1.96. The fourth-order valence-corrected chi connectivity index (χ4v) is 2.85. The molecule has 3 aromatic rings. The van der Waals surface area contributed by atoms with E-state index in [0.717, 1.165) is 26.7 Å². The molecule has 102 valence electrons. The van der Waals surface area contributed by atoms with Crippen LogP contribution in [-0.2, 0) is 0 Å². The molecule has 3 rings (SSSR count). The number of nitrogens with zero attached hydrogens (tertiary/aromatic N) is 2. The van der Waals surface area contributed by atoms with Gasteiger partial charge in [0.05, 0.1) is 17.0 Å². The van der Waals surface area contributed by atoms with Gasteiger partial charge in [-0.05, 0) is 24.3 Å². The smallest absolute Gasteiger partial charge is 0.146 e. The van der Waals surface area contributed by atoms with E-state index in [-0.39, 0.29) is 6.61 Å². The summed E-state index contributed by atoms with van der Waals surface area (Å²) in [4.78, 5) is 8.95. The van der Waals surface area contributed by atoms with Crippen LogP contribution in [0.5, 0.6) is 5.75 Å². The predicted molar refractivity (Wildman–Crippen MR) is 80.0 cm³/mol. The predicted octanol–water partition coefficient (Wildman–Crippen LogP) is 3.12. The van der Waals surface area contributed by atoms with Crippen LogP contribution in [0.3, 0.4) is 0 Å². The molecule has 0 saturated heterocycles. The summed E-state index contributed by atoms with van der Waals surface area (Å²) >= 11 is 1.60. The number of hydrogen-bond acceptors (Lipinski definition) is 5. The number of aliphatic hydroxyl groups excluding tert-OH is 1. The van der Waals surface area contributed by atoms with Crippen LogP contribution in [0.15, 0.2) is 42.6 Å².